The second kappa shape index (κ2) is 8.94. The molecule has 0 heterocycles. The first-order chi connectivity index (χ1) is 13.3. The predicted octanol–water partition coefficient (Wildman–Crippen LogP) is 5.53. The van der Waals surface area contributed by atoms with E-state index in [1.807, 2.05) is 19.1 Å². The van der Waals surface area contributed by atoms with Crippen LogP contribution < -0.4 is 4.72 Å². The Morgan fingerprint density at radius 2 is 1.54 bits per heavy atom. The molecule has 0 fully saturated rings. The monoisotopic (exact) mass is 475 g/mol. The van der Waals surface area contributed by atoms with Gasteiger partial charge in [-0.15, -0.1) is 11.8 Å². The molecule has 0 aromatic heterocycles. The number of rotatable bonds is 7. The standard InChI is InChI=1S/C21H18BrNO3S2/c1-15-2-12-20(13-3-15)28(25,26)23-18-8-10-19(11-9-18)27-14-21(24)16-4-6-17(22)7-5-16/h2-13,23H,14H2,1H3. The van der Waals surface area contributed by atoms with Crippen LogP contribution in [-0.4, -0.2) is 20.0 Å². The Kier molecular flexibility index (Phi) is 6.59. The van der Waals surface area contributed by atoms with E-state index in [0.717, 1.165) is 14.9 Å². The van der Waals surface area contributed by atoms with Gasteiger partial charge in [0, 0.05) is 20.6 Å². The van der Waals surface area contributed by atoms with E-state index in [-0.39, 0.29) is 10.7 Å². The van der Waals surface area contributed by atoms with Gasteiger partial charge in [-0.25, -0.2) is 8.42 Å². The van der Waals surface area contributed by atoms with Gasteiger partial charge in [-0.2, -0.15) is 0 Å². The second-order valence-electron chi connectivity index (χ2n) is 6.16. The van der Waals surface area contributed by atoms with Crippen molar-refractivity contribution < 1.29 is 13.2 Å². The number of Topliss-reactive ketones (excluding diaryl/α,β-unsaturated/α-hetero) is 1. The van der Waals surface area contributed by atoms with Crippen LogP contribution in [0.5, 0.6) is 0 Å². The normalized spacial score (nSPS) is 11.2. The summed E-state index contributed by atoms with van der Waals surface area (Å²) < 4.78 is 28.4. The molecule has 0 unspecified atom stereocenters. The molecule has 0 aliphatic rings. The highest BCUT2D eigenvalue weighted by Crippen LogP contribution is 2.23. The number of aryl methyl sites for hydroxylation is 1. The maximum absolute atomic E-state index is 12.4. The highest BCUT2D eigenvalue weighted by molar-refractivity contribution is 9.10. The molecule has 3 aromatic carbocycles. The molecule has 1 N–H and O–H groups in total. The van der Waals surface area contributed by atoms with E-state index in [9.17, 15) is 13.2 Å². The maximum atomic E-state index is 12.4. The van der Waals surface area contributed by atoms with E-state index >= 15 is 0 Å². The summed E-state index contributed by atoms with van der Waals surface area (Å²) in [5, 5.41) is 0. The lowest BCUT2D eigenvalue weighted by atomic mass is 10.2. The summed E-state index contributed by atoms with van der Waals surface area (Å²) >= 11 is 4.76. The Balaban J connectivity index is 1.61. The number of hydrogen-bond donors (Lipinski definition) is 1. The molecule has 0 aliphatic heterocycles. The van der Waals surface area contributed by atoms with Crippen LogP contribution in [0.1, 0.15) is 15.9 Å². The van der Waals surface area contributed by atoms with Gasteiger partial charge in [-0.1, -0.05) is 45.8 Å². The Morgan fingerprint density at radius 1 is 0.929 bits per heavy atom. The third kappa shape index (κ3) is 5.47. The van der Waals surface area contributed by atoms with Crippen molar-refractivity contribution in [3.8, 4) is 0 Å². The molecular formula is C21H18BrNO3S2. The number of ketones is 1. The summed E-state index contributed by atoms with van der Waals surface area (Å²) in [7, 11) is -3.62. The second-order valence-corrected chi connectivity index (χ2v) is 9.81. The van der Waals surface area contributed by atoms with Crippen LogP contribution in [0, 0.1) is 6.92 Å². The summed E-state index contributed by atoms with van der Waals surface area (Å²) in [6.45, 7) is 1.90. The highest BCUT2D eigenvalue weighted by Gasteiger charge is 2.14. The molecule has 0 atom stereocenters. The third-order valence-corrected chi connectivity index (χ3v) is 6.91. The lowest BCUT2D eigenvalue weighted by Crippen LogP contribution is -2.12. The molecule has 0 amide bonds. The summed E-state index contributed by atoms with van der Waals surface area (Å²) in [6, 6.07) is 20.9. The topological polar surface area (TPSA) is 63.2 Å². The molecule has 28 heavy (non-hydrogen) atoms. The number of anilines is 1. The van der Waals surface area contributed by atoms with Crippen LogP contribution in [0.25, 0.3) is 0 Å². The number of sulfonamides is 1. The molecule has 0 saturated heterocycles. The third-order valence-electron chi connectivity index (χ3n) is 3.97. The average Bonchev–Trinajstić information content (AvgIpc) is 2.68. The van der Waals surface area contributed by atoms with Gasteiger partial charge < -0.3 is 0 Å². The van der Waals surface area contributed by atoms with Gasteiger partial charge in [0.2, 0.25) is 0 Å². The zero-order chi connectivity index (χ0) is 20.1. The number of hydrogen-bond acceptors (Lipinski definition) is 4. The lowest BCUT2D eigenvalue weighted by molar-refractivity contribution is 0.102. The number of thioether (sulfide) groups is 1. The molecular weight excluding hydrogens is 458 g/mol. The van der Waals surface area contributed by atoms with E-state index in [2.05, 4.69) is 20.7 Å². The van der Waals surface area contributed by atoms with Crippen LogP contribution in [0.4, 0.5) is 5.69 Å². The smallest absolute Gasteiger partial charge is 0.261 e. The van der Waals surface area contributed by atoms with E-state index in [1.54, 1.807) is 60.7 Å². The summed E-state index contributed by atoms with van der Waals surface area (Å²) in [4.78, 5) is 13.3. The Bertz CT molecular complexity index is 1060. The van der Waals surface area contributed by atoms with Crippen molar-refractivity contribution in [2.24, 2.45) is 0 Å². The van der Waals surface area contributed by atoms with Crippen LogP contribution in [0.3, 0.4) is 0 Å². The van der Waals surface area contributed by atoms with Crippen LogP contribution >= 0.6 is 27.7 Å². The zero-order valence-corrected chi connectivity index (χ0v) is 18.3. The average molecular weight is 476 g/mol. The Hall–Kier alpha value is -2.09. The molecule has 3 rings (SSSR count). The van der Waals surface area contributed by atoms with Gasteiger partial charge in [0.15, 0.2) is 5.78 Å². The summed E-state index contributed by atoms with van der Waals surface area (Å²) in [5.41, 5.74) is 2.14. The number of halogens is 1. The number of benzene rings is 3. The van der Waals surface area contributed by atoms with Gasteiger partial charge in [-0.3, -0.25) is 9.52 Å². The summed E-state index contributed by atoms with van der Waals surface area (Å²) in [6.07, 6.45) is 0. The molecule has 3 aromatic rings. The Morgan fingerprint density at radius 3 is 2.14 bits per heavy atom. The first-order valence-corrected chi connectivity index (χ1v) is 11.7. The SMILES string of the molecule is Cc1ccc(S(=O)(=O)Nc2ccc(SCC(=O)c3ccc(Br)cc3)cc2)cc1. The first kappa shape index (κ1) is 20.6. The lowest BCUT2D eigenvalue weighted by Gasteiger charge is -2.09. The van der Waals surface area contributed by atoms with Crippen molar-refractivity contribution >= 4 is 49.2 Å². The number of carbonyl (C=O) groups excluding carboxylic acids is 1. The van der Waals surface area contributed by atoms with Crippen molar-refractivity contribution in [2.45, 2.75) is 16.7 Å². The van der Waals surface area contributed by atoms with Crippen LogP contribution in [0.2, 0.25) is 0 Å². The molecule has 7 heteroatoms. The maximum Gasteiger partial charge on any atom is 0.261 e. The molecule has 4 nitrogen and oxygen atoms in total. The van der Waals surface area contributed by atoms with Crippen LogP contribution in [0.15, 0.2) is 87.1 Å². The molecule has 144 valence electrons. The number of nitrogens with one attached hydrogen (secondary N) is 1. The minimum atomic E-state index is -3.62. The largest absolute Gasteiger partial charge is 0.293 e. The Labute approximate surface area is 177 Å². The first-order valence-electron chi connectivity index (χ1n) is 8.45. The molecule has 0 bridgehead atoms. The minimum Gasteiger partial charge on any atom is -0.293 e. The van der Waals surface area contributed by atoms with Crippen molar-refractivity contribution in [1.29, 1.82) is 0 Å². The van der Waals surface area contributed by atoms with Crippen molar-refractivity contribution in [3.05, 3.63) is 88.4 Å². The van der Waals surface area contributed by atoms with E-state index in [0.29, 0.717) is 17.0 Å². The van der Waals surface area contributed by atoms with Crippen LogP contribution in [-0.2, 0) is 10.0 Å². The fourth-order valence-electron chi connectivity index (χ4n) is 2.42. The van der Waals surface area contributed by atoms with Gasteiger partial charge in [0.25, 0.3) is 10.0 Å². The van der Waals surface area contributed by atoms with Gasteiger partial charge in [-0.05, 0) is 55.5 Å². The number of carbonyl (C=O) groups is 1. The fraction of sp³-hybridized carbons (Fsp3) is 0.0952. The molecule has 0 aliphatic carbocycles. The predicted molar refractivity (Wildman–Crippen MR) is 118 cm³/mol. The molecule has 0 saturated carbocycles. The van der Waals surface area contributed by atoms with Gasteiger partial charge in [0.1, 0.15) is 0 Å². The van der Waals surface area contributed by atoms with E-state index in [1.165, 1.54) is 11.8 Å². The van der Waals surface area contributed by atoms with Crippen molar-refractivity contribution in [2.75, 3.05) is 10.5 Å². The summed E-state index contributed by atoms with van der Waals surface area (Å²) in [5.74, 6) is 0.359. The molecule has 0 spiro atoms. The zero-order valence-electron chi connectivity index (χ0n) is 15.1. The minimum absolute atomic E-state index is 0.0432. The quantitative estimate of drug-likeness (QED) is 0.360. The van der Waals surface area contributed by atoms with Crippen molar-refractivity contribution in [3.63, 3.8) is 0 Å². The van der Waals surface area contributed by atoms with Crippen molar-refractivity contribution in [1.82, 2.24) is 0 Å². The highest BCUT2D eigenvalue weighted by atomic mass is 79.9. The van der Waals surface area contributed by atoms with E-state index in [4.69, 9.17) is 0 Å². The van der Waals surface area contributed by atoms with E-state index < -0.39 is 10.0 Å². The van der Waals surface area contributed by atoms with Gasteiger partial charge >= 0.3 is 0 Å². The molecule has 0 radical (unpaired) electrons. The van der Waals surface area contributed by atoms with Gasteiger partial charge in [0.05, 0.1) is 10.6 Å². The fourth-order valence-corrected chi connectivity index (χ4v) is 4.53.